The lowest BCUT2D eigenvalue weighted by Crippen LogP contribution is -2.07. The summed E-state index contributed by atoms with van der Waals surface area (Å²) in [5, 5.41) is 5.14. The third-order valence-corrected chi connectivity index (χ3v) is 0.595. The molecule has 52 valence electrons. The summed E-state index contributed by atoms with van der Waals surface area (Å²) in [5.41, 5.74) is 0. The summed E-state index contributed by atoms with van der Waals surface area (Å²) in [6.45, 7) is 0. The average molecular weight is 130 g/mol. The molecule has 0 aliphatic rings. The van der Waals surface area contributed by atoms with Crippen LogP contribution in [0.25, 0.3) is 0 Å². The number of carbonyl (C=O) groups excluding carboxylic acids is 1. The van der Waals surface area contributed by atoms with E-state index in [1.54, 1.807) is 14.1 Å². The number of ether oxygens (including phenoxy) is 1. The van der Waals surface area contributed by atoms with E-state index in [-0.39, 0.29) is 0 Å². The van der Waals surface area contributed by atoms with Crippen molar-refractivity contribution in [3.63, 3.8) is 0 Å². The number of carbonyl (C=O) groups is 1. The normalized spacial score (nSPS) is 9.67. The molecule has 0 heterocycles. The molecule has 4 heteroatoms. The molecule has 0 aliphatic carbocycles. The highest BCUT2D eigenvalue weighted by Gasteiger charge is 1.89. The molecule has 0 amide bonds. The van der Waals surface area contributed by atoms with Crippen LogP contribution in [0.1, 0.15) is 0 Å². The van der Waals surface area contributed by atoms with E-state index in [2.05, 4.69) is 9.84 Å². The molecule has 0 aliphatic heterocycles. The van der Waals surface area contributed by atoms with E-state index < -0.39 is 5.97 Å². The van der Waals surface area contributed by atoms with Gasteiger partial charge in [0, 0.05) is 14.1 Å². The van der Waals surface area contributed by atoms with Crippen molar-refractivity contribution in [3.8, 4) is 0 Å². The van der Waals surface area contributed by atoms with Gasteiger partial charge in [-0.15, -0.1) is 0 Å². The summed E-state index contributed by atoms with van der Waals surface area (Å²) in [6, 6.07) is 0. The number of rotatable bonds is 2. The van der Waals surface area contributed by atoms with Gasteiger partial charge in [-0.1, -0.05) is 0 Å². The Morgan fingerprint density at radius 2 is 2.22 bits per heavy atom. The number of hydrogen-bond donors (Lipinski definition) is 0. The van der Waals surface area contributed by atoms with Crippen LogP contribution in [0.4, 0.5) is 0 Å². The van der Waals surface area contributed by atoms with Crippen molar-refractivity contribution in [2.45, 2.75) is 0 Å². The minimum absolute atomic E-state index is 0.441. The molecule has 0 rings (SSSR count). The molecule has 0 aromatic carbocycles. The number of methoxy groups -OCH3 is 1. The maximum absolute atomic E-state index is 10.3. The summed E-state index contributed by atoms with van der Waals surface area (Å²) >= 11 is 0. The molecule has 0 bridgehead atoms. The van der Waals surface area contributed by atoms with Gasteiger partial charge in [-0.3, -0.25) is 0 Å². The second-order valence-corrected chi connectivity index (χ2v) is 1.61. The molecule has 0 fully saturated rings. The van der Waals surface area contributed by atoms with Crippen LogP contribution in [-0.4, -0.2) is 38.4 Å². The second kappa shape index (κ2) is 3.88. The largest absolute Gasteiger partial charge is 0.465 e. The molecule has 0 aromatic rings. The minimum atomic E-state index is -0.441. The van der Waals surface area contributed by atoms with Gasteiger partial charge in [0.2, 0.25) is 0 Å². The molecular weight excluding hydrogens is 120 g/mol. The van der Waals surface area contributed by atoms with E-state index in [4.69, 9.17) is 0 Å². The molecule has 0 saturated carbocycles. The zero-order chi connectivity index (χ0) is 7.28. The van der Waals surface area contributed by atoms with Crippen LogP contribution in [0.15, 0.2) is 5.10 Å². The van der Waals surface area contributed by atoms with Crippen LogP contribution in [0, 0.1) is 0 Å². The zero-order valence-corrected chi connectivity index (χ0v) is 5.79. The first-order valence-corrected chi connectivity index (χ1v) is 2.46. The average Bonchev–Trinajstić information content (AvgIpc) is 1.83. The first-order valence-electron chi connectivity index (χ1n) is 2.46. The lowest BCUT2D eigenvalue weighted by atomic mass is 10.8. The van der Waals surface area contributed by atoms with E-state index in [0.29, 0.717) is 0 Å². The molecule has 0 atom stereocenters. The van der Waals surface area contributed by atoms with Gasteiger partial charge in [-0.25, -0.2) is 4.79 Å². The van der Waals surface area contributed by atoms with Crippen LogP contribution >= 0.6 is 0 Å². The Hall–Kier alpha value is -1.06. The van der Waals surface area contributed by atoms with E-state index >= 15 is 0 Å². The molecule has 0 radical (unpaired) electrons. The van der Waals surface area contributed by atoms with Gasteiger partial charge in [0.1, 0.15) is 6.21 Å². The van der Waals surface area contributed by atoms with Crippen molar-refractivity contribution in [2.75, 3.05) is 21.2 Å². The van der Waals surface area contributed by atoms with Crippen LogP contribution in [-0.2, 0) is 9.53 Å². The molecule has 0 unspecified atom stereocenters. The van der Waals surface area contributed by atoms with Gasteiger partial charge in [-0.05, 0) is 0 Å². The summed E-state index contributed by atoms with van der Waals surface area (Å²) in [5.74, 6) is -0.441. The van der Waals surface area contributed by atoms with Gasteiger partial charge in [0.05, 0.1) is 7.11 Å². The second-order valence-electron chi connectivity index (χ2n) is 1.61. The highest BCUT2D eigenvalue weighted by molar-refractivity contribution is 6.22. The van der Waals surface area contributed by atoms with Crippen molar-refractivity contribution < 1.29 is 9.53 Å². The van der Waals surface area contributed by atoms with E-state index in [0.717, 1.165) is 6.21 Å². The van der Waals surface area contributed by atoms with Gasteiger partial charge in [0.25, 0.3) is 0 Å². The Morgan fingerprint density at radius 3 is 2.56 bits per heavy atom. The monoisotopic (exact) mass is 130 g/mol. The first kappa shape index (κ1) is 7.94. The fourth-order valence-electron chi connectivity index (χ4n) is 0.215. The van der Waals surface area contributed by atoms with E-state index in [1.807, 2.05) is 0 Å². The van der Waals surface area contributed by atoms with E-state index in [9.17, 15) is 4.79 Å². The van der Waals surface area contributed by atoms with Gasteiger partial charge in [0.15, 0.2) is 0 Å². The highest BCUT2D eigenvalue weighted by Crippen LogP contribution is 1.72. The molecule has 9 heavy (non-hydrogen) atoms. The predicted molar refractivity (Wildman–Crippen MR) is 34.2 cm³/mol. The number of hydrazone groups is 1. The number of nitrogens with zero attached hydrogens (tertiary/aromatic N) is 2. The zero-order valence-electron chi connectivity index (χ0n) is 5.79. The maximum atomic E-state index is 10.3. The lowest BCUT2D eigenvalue weighted by Gasteiger charge is -2.00. The summed E-state index contributed by atoms with van der Waals surface area (Å²) in [6.07, 6.45) is 1.11. The molecule has 0 aromatic heterocycles. The Labute approximate surface area is 54.1 Å². The fourth-order valence-corrected chi connectivity index (χ4v) is 0.215. The van der Waals surface area contributed by atoms with E-state index in [1.165, 1.54) is 12.1 Å². The van der Waals surface area contributed by atoms with Crippen LogP contribution < -0.4 is 0 Å². The maximum Gasteiger partial charge on any atom is 0.350 e. The quantitative estimate of drug-likeness (QED) is 0.293. The highest BCUT2D eigenvalue weighted by atomic mass is 16.5. The van der Waals surface area contributed by atoms with Crippen molar-refractivity contribution in [3.05, 3.63) is 0 Å². The molecular formula is C5H10N2O2. The SMILES string of the molecule is COC(=O)/C=N/N(C)C. The standard InChI is InChI=1S/C5H10N2O2/c1-7(2)6-4-5(8)9-3/h4H,1-3H3/b6-4+. The van der Waals surface area contributed by atoms with Gasteiger partial charge < -0.3 is 9.75 Å². The Bertz CT molecular complexity index is 120. The van der Waals surface area contributed by atoms with Crippen molar-refractivity contribution >= 4 is 12.2 Å². The van der Waals surface area contributed by atoms with Crippen molar-refractivity contribution in [1.29, 1.82) is 0 Å². The molecule has 0 N–H and O–H groups in total. The molecule has 0 spiro atoms. The number of esters is 1. The first-order chi connectivity index (χ1) is 4.16. The van der Waals surface area contributed by atoms with Gasteiger partial charge in [-0.2, -0.15) is 5.10 Å². The van der Waals surface area contributed by atoms with Crippen LogP contribution in [0.3, 0.4) is 0 Å². The third kappa shape index (κ3) is 4.80. The predicted octanol–water partition coefficient (Wildman–Crippen LogP) is -0.293. The number of hydrogen-bond acceptors (Lipinski definition) is 4. The Morgan fingerprint density at radius 1 is 1.67 bits per heavy atom. The van der Waals surface area contributed by atoms with Crippen LogP contribution in [0.5, 0.6) is 0 Å². The minimum Gasteiger partial charge on any atom is -0.465 e. The summed E-state index contributed by atoms with van der Waals surface area (Å²) in [7, 11) is 4.75. The topological polar surface area (TPSA) is 41.9 Å². The lowest BCUT2D eigenvalue weighted by molar-refractivity contribution is -0.132. The Balaban J connectivity index is 3.57. The smallest absolute Gasteiger partial charge is 0.350 e. The molecule has 4 nitrogen and oxygen atoms in total. The fraction of sp³-hybridized carbons (Fsp3) is 0.600. The molecule has 0 saturated heterocycles. The third-order valence-electron chi connectivity index (χ3n) is 0.595. The van der Waals surface area contributed by atoms with Crippen LogP contribution in [0.2, 0.25) is 0 Å². The Kier molecular flexibility index (Phi) is 3.43. The van der Waals surface area contributed by atoms with Gasteiger partial charge >= 0.3 is 5.97 Å². The summed E-state index contributed by atoms with van der Waals surface area (Å²) in [4.78, 5) is 10.3. The summed E-state index contributed by atoms with van der Waals surface area (Å²) < 4.78 is 4.29. The van der Waals surface area contributed by atoms with Crippen molar-refractivity contribution in [1.82, 2.24) is 5.01 Å². The van der Waals surface area contributed by atoms with Crippen molar-refractivity contribution in [2.24, 2.45) is 5.10 Å².